The van der Waals surface area contributed by atoms with E-state index in [1.807, 2.05) is 17.8 Å². The van der Waals surface area contributed by atoms with Crippen molar-refractivity contribution in [3.05, 3.63) is 28.8 Å². The summed E-state index contributed by atoms with van der Waals surface area (Å²) in [6.07, 6.45) is 3.89. The van der Waals surface area contributed by atoms with Crippen molar-refractivity contribution in [2.75, 3.05) is 5.75 Å². The maximum absolute atomic E-state index is 6.08. The van der Waals surface area contributed by atoms with Gasteiger partial charge in [-0.3, -0.25) is 0 Å². The van der Waals surface area contributed by atoms with Crippen LogP contribution in [0.25, 0.3) is 0 Å². The molecule has 0 bridgehead atoms. The minimum atomic E-state index is 0.502. The predicted octanol–water partition coefficient (Wildman–Crippen LogP) is 5.12. The van der Waals surface area contributed by atoms with Crippen LogP contribution >= 0.6 is 23.4 Å². The number of halogens is 1. The Balaban J connectivity index is 2.58. The largest absolute Gasteiger partial charge is 0.310 e. The number of hydrogen-bond donors (Lipinski definition) is 1. The van der Waals surface area contributed by atoms with Crippen LogP contribution in [0.4, 0.5) is 0 Å². The van der Waals surface area contributed by atoms with Gasteiger partial charge in [0.25, 0.3) is 0 Å². The van der Waals surface area contributed by atoms with Gasteiger partial charge in [0.05, 0.1) is 0 Å². The Morgan fingerprint density at radius 1 is 1.28 bits per heavy atom. The second-order valence-electron chi connectivity index (χ2n) is 4.84. The summed E-state index contributed by atoms with van der Waals surface area (Å²) in [5.41, 5.74) is 1.32. The molecule has 0 radical (unpaired) electrons. The molecule has 0 aliphatic heterocycles. The topological polar surface area (TPSA) is 12.0 Å². The van der Waals surface area contributed by atoms with Crippen molar-refractivity contribution >= 4 is 23.4 Å². The number of unbranched alkanes of at least 4 members (excludes halogenated alkanes) is 2. The van der Waals surface area contributed by atoms with Gasteiger partial charge < -0.3 is 5.32 Å². The van der Waals surface area contributed by atoms with Crippen molar-refractivity contribution in [2.45, 2.75) is 57.5 Å². The minimum absolute atomic E-state index is 0.502. The van der Waals surface area contributed by atoms with Crippen molar-refractivity contribution in [1.29, 1.82) is 0 Å². The van der Waals surface area contributed by atoms with Crippen molar-refractivity contribution in [2.24, 2.45) is 0 Å². The van der Waals surface area contributed by atoms with Crippen LogP contribution in [0, 0.1) is 0 Å². The Hall–Kier alpha value is -0.180. The van der Waals surface area contributed by atoms with E-state index < -0.39 is 0 Å². The molecule has 1 nitrogen and oxygen atoms in total. The normalized spacial score (nSPS) is 11.2. The number of rotatable bonds is 8. The minimum Gasteiger partial charge on any atom is -0.310 e. The number of thioether (sulfide) groups is 1. The lowest BCUT2D eigenvalue weighted by Gasteiger charge is -2.13. The molecule has 0 saturated carbocycles. The van der Waals surface area contributed by atoms with Gasteiger partial charge in [-0.25, -0.2) is 0 Å². The molecule has 0 aliphatic rings. The summed E-state index contributed by atoms with van der Waals surface area (Å²) >= 11 is 8.03. The van der Waals surface area contributed by atoms with Gasteiger partial charge in [-0.1, -0.05) is 45.2 Å². The Kier molecular flexibility index (Phi) is 7.80. The zero-order chi connectivity index (χ0) is 13.4. The molecule has 0 aromatic heterocycles. The van der Waals surface area contributed by atoms with Gasteiger partial charge in [0.2, 0.25) is 0 Å². The SMILES string of the molecule is CCCCCSc1ccc(Cl)cc1CNC(C)C. The van der Waals surface area contributed by atoms with Crippen LogP contribution in [0.2, 0.25) is 5.02 Å². The Morgan fingerprint density at radius 3 is 2.72 bits per heavy atom. The third kappa shape index (κ3) is 6.12. The van der Waals surface area contributed by atoms with Crippen LogP contribution in [0.5, 0.6) is 0 Å². The molecule has 0 amide bonds. The van der Waals surface area contributed by atoms with Crippen LogP contribution in [-0.2, 0) is 6.54 Å². The van der Waals surface area contributed by atoms with Crippen LogP contribution in [-0.4, -0.2) is 11.8 Å². The molecule has 18 heavy (non-hydrogen) atoms. The van der Waals surface area contributed by atoms with Crippen molar-refractivity contribution < 1.29 is 0 Å². The highest BCUT2D eigenvalue weighted by atomic mass is 35.5. The molecule has 0 spiro atoms. The molecule has 0 heterocycles. The molecule has 0 unspecified atom stereocenters. The first-order valence-electron chi connectivity index (χ1n) is 6.78. The molecule has 0 saturated heterocycles. The molecule has 1 N–H and O–H groups in total. The van der Waals surface area contributed by atoms with E-state index in [0.29, 0.717) is 6.04 Å². The average Bonchev–Trinajstić information content (AvgIpc) is 2.34. The molecule has 102 valence electrons. The molecule has 3 heteroatoms. The highest BCUT2D eigenvalue weighted by molar-refractivity contribution is 7.99. The zero-order valence-corrected chi connectivity index (χ0v) is 13.2. The average molecular weight is 286 g/mol. The monoisotopic (exact) mass is 285 g/mol. The fourth-order valence-corrected chi connectivity index (χ4v) is 2.92. The molecular formula is C15H24ClNS. The van der Waals surface area contributed by atoms with Gasteiger partial charge in [-0.2, -0.15) is 0 Å². The molecule has 1 rings (SSSR count). The first kappa shape index (κ1) is 15.9. The number of benzene rings is 1. The highest BCUT2D eigenvalue weighted by Crippen LogP contribution is 2.26. The van der Waals surface area contributed by atoms with Crippen LogP contribution < -0.4 is 5.32 Å². The first-order valence-corrected chi connectivity index (χ1v) is 8.14. The molecule has 0 fully saturated rings. The van der Waals surface area contributed by atoms with Crippen molar-refractivity contribution in [3.63, 3.8) is 0 Å². The number of nitrogens with one attached hydrogen (secondary N) is 1. The summed E-state index contributed by atoms with van der Waals surface area (Å²) in [6, 6.07) is 6.72. The summed E-state index contributed by atoms with van der Waals surface area (Å²) in [4.78, 5) is 1.36. The quantitative estimate of drug-likeness (QED) is 0.525. The van der Waals surface area contributed by atoms with Gasteiger partial charge in [-0.15, -0.1) is 11.8 Å². The van der Waals surface area contributed by atoms with E-state index in [-0.39, 0.29) is 0 Å². The Labute approximate surface area is 121 Å². The Bertz CT molecular complexity index is 352. The summed E-state index contributed by atoms with van der Waals surface area (Å²) in [5, 5.41) is 4.29. The first-order chi connectivity index (χ1) is 8.63. The Morgan fingerprint density at radius 2 is 2.06 bits per heavy atom. The number of hydrogen-bond acceptors (Lipinski definition) is 2. The van der Waals surface area contributed by atoms with E-state index in [1.54, 1.807) is 0 Å². The second-order valence-corrected chi connectivity index (χ2v) is 6.42. The van der Waals surface area contributed by atoms with Crippen LogP contribution in [0.15, 0.2) is 23.1 Å². The van der Waals surface area contributed by atoms with Gasteiger partial charge >= 0.3 is 0 Å². The lowest BCUT2D eigenvalue weighted by Crippen LogP contribution is -2.22. The third-order valence-electron chi connectivity index (χ3n) is 2.73. The van der Waals surface area contributed by atoms with E-state index in [0.717, 1.165) is 11.6 Å². The van der Waals surface area contributed by atoms with Crippen LogP contribution in [0.3, 0.4) is 0 Å². The van der Waals surface area contributed by atoms with Gasteiger partial charge in [0.15, 0.2) is 0 Å². The molecule has 1 aromatic rings. The van der Waals surface area contributed by atoms with Gasteiger partial charge in [0, 0.05) is 22.5 Å². The van der Waals surface area contributed by atoms with E-state index in [4.69, 9.17) is 11.6 Å². The second kappa shape index (κ2) is 8.84. The van der Waals surface area contributed by atoms with E-state index in [1.165, 1.54) is 35.5 Å². The lowest BCUT2D eigenvalue weighted by molar-refractivity contribution is 0.585. The zero-order valence-electron chi connectivity index (χ0n) is 11.6. The summed E-state index contributed by atoms with van der Waals surface area (Å²) in [5.74, 6) is 1.20. The van der Waals surface area contributed by atoms with E-state index >= 15 is 0 Å². The fraction of sp³-hybridized carbons (Fsp3) is 0.600. The molecular weight excluding hydrogens is 262 g/mol. The fourth-order valence-electron chi connectivity index (χ4n) is 1.68. The summed E-state index contributed by atoms with van der Waals surface area (Å²) in [7, 11) is 0. The molecule has 1 aromatic carbocycles. The van der Waals surface area contributed by atoms with E-state index in [9.17, 15) is 0 Å². The maximum atomic E-state index is 6.08. The van der Waals surface area contributed by atoms with Gasteiger partial charge in [0.1, 0.15) is 0 Å². The predicted molar refractivity (Wildman–Crippen MR) is 83.7 cm³/mol. The summed E-state index contributed by atoms with van der Waals surface area (Å²) < 4.78 is 0. The van der Waals surface area contributed by atoms with Gasteiger partial charge in [-0.05, 0) is 35.9 Å². The highest BCUT2D eigenvalue weighted by Gasteiger charge is 2.05. The summed E-state index contributed by atoms with van der Waals surface area (Å²) in [6.45, 7) is 7.47. The van der Waals surface area contributed by atoms with Crippen LogP contribution in [0.1, 0.15) is 45.6 Å². The smallest absolute Gasteiger partial charge is 0.0410 e. The molecule has 0 atom stereocenters. The lowest BCUT2D eigenvalue weighted by atomic mass is 10.2. The van der Waals surface area contributed by atoms with Crippen molar-refractivity contribution in [1.82, 2.24) is 5.32 Å². The molecule has 0 aliphatic carbocycles. The maximum Gasteiger partial charge on any atom is 0.0410 e. The third-order valence-corrected chi connectivity index (χ3v) is 4.17. The standard InChI is InChI=1S/C15H24ClNS/c1-4-5-6-9-18-15-8-7-14(16)10-13(15)11-17-12(2)3/h7-8,10,12,17H,4-6,9,11H2,1-3H3. The van der Waals surface area contributed by atoms with Crippen molar-refractivity contribution in [3.8, 4) is 0 Å². The van der Waals surface area contributed by atoms with E-state index in [2.05, 4.69) is 38.2 Å².